The number of carbonyl (C=O) groups is 4. The monoisotopic (exact) mass is 604 g/mol. The molecule has 43 heavy (non-hydrogen) atoms. The Hall–Kier alpha value is -3.06. The Morgan fingerprint density at radius 2 is 1.63 bits per heavy atom. The van der Waals surface area contributed by atoms with Crippen LogP contribution in [0.15, 0.2) is 30.3 Å². The van der Waals surface area contributed by atoms with E-state index in [1.54, 1.807) is 19.1 Å². The van der Waals surface area contributed by atoms with Crippen LogP contribution in [0.4, 0.5) is 0 Å². The largest absolute Gasteiger partial charge is 0.480 e. The Kier molecular flexibility index (Phi) is 16.8. The summed E-state index contributed by atoms with van der Waals surface area (Å²) < 4.78 is 5.74. The number of nitrogens with two attached hydrogens (primary N) is 2. The molecule has 12 heteroatoms. The van der Waals surface area contributed by atoms with Crippen molar-refractivity contribution >= 4 is 23.7 Å². The molecule has 1 aliphatic rings. The molecule has 1 saturated heterocycles. The van der Waals surface area contributed by atoms with Gasteiger partial charge in [-0.3, -0.25) is 14.4 Å². The minimum atomic E-state index is -1.09. The highest BCUT2D eigenvalue weighted by molar-refractivity contribution is 5.90. The number of nitrogens with one attached hydrogen (secondary N) is 3. The first kappa shape index (κ1) is 36.1. The van der Waals surface area contributed by atoms with Crippen LogP contribution in [0.25, 0.3) is 0 Å². The summed E-state index contributed by atoms with van der Waals surface area (Å²) in [4.78, 5) is 53.6. The zero-order valence-corrected chi connectivity index (χ0v) is 25.8. The second-order valence-electron chi connectivity index (χ2n) is 11.2. The van der Waals surface area contributed by atoms with Crippen molar-refractivity contribution in [3.05, 3.63) is 35.9 Å². The van der Waals surface area contributed by atoms with Crippen molar-refractivity contribution in [3.8, 4) is 0 Å². The molecule has 0 spiro atoms. The van der Waals surface area contributed by atoms with Crippen molar-refractivity contribution in [2.24, 2.45) is 11.5 Å². The molecule has 2 rings (SSSR count). The SMILES string of the molecule is CN[C@@H](Cc1ccccc1)C(=O)N[C@@H](CCCCN)C(=O)N1CCC[C@@H](OC)[C@H]1CCC(=O)N[C@@H](CCCCN)C(=O)O. The zero-order valence-electron chi connectivity index (χ0n) is 25.8. The highest BCUT2D eigenvalue weighted by Gasteiger charge is 2.38. The molecule has 12 nitrogen and oxygen atoms in total. The summed E-state index contributed by atoms with van der Waals surface area (Å²) in [6.45, 7) is 1.42. The number of carboxylic acids is 1. The molecule has 0 radical (unpaired) electrons. The van der Waals surface area contributed by atoms with E-state index < -0.39 is 36.0 Å². The standard InChI is InChI=1S/C31H52N6O6/c1-34-25(21-22-11-4-3-5-12-22)29(39)36-23(13-6-8-18-32)30(40)37-20-10-15-27(43-2)26(37)16-17-28(38)35-24(31(41)42)14-7-9-19-33/h3-5,11-12,23-27,34H,6-10,13-21,32-33H2,1-2H3,(H,35,38)(H,36,39)(H,41,42)/t23-,24-,25-,26+,27+/m0/s1. The summed E-state index contributed by atoms with van der Waals surface area (Å²) in [6, 6.07) is 7.03. The Balaban J connectivity index is 2.15. The highest BCUT2D eigenvalue weighted by Crippen LogP contribution is 2.25. The Morgan fingerprint density at radius 3 is 2.21 bits per heavy atom. The Bertz CT molecular complexity index is 996. The van der Waals surface area contributed by atoms with Crippen LogP contribution in [0.3, 0.4) is 0 Å². The van der Waals surface area contributed by atoms with Crippen LogP contribution in [-0.2, 0) is 30.3 Å². The molecule has 0 bridgehead atoms. The fourth-order valence-corrected chi connectivity index (χ4v) is 5.61. The van der Waals surface area contributed by atoms with Crippen molar-refractivity contribution in [1.82, 2.24) is 20.9 Å². The van der Waals surface area contributed by atoms with Gasteiger partial charge in [0.05, 0.1) is 18.2 Å². The maximum Gasteiger partial charge on any atom is 0.326 e. The number of hydrogen-bond acceptors (Lipinski definition) is 8. The smallest absolute Gasteiger partial charge is 0.326 e. The second kappa shape index (κ2) is 20.0. The summed E-state index contributed by atoms with van der Waals surface area (Å²) in [7, 11) is 3.31. The van der Waals surface area contributed by atoms with E-state index in [0.29, 0.717) is 64.6 Å². The molecule has 0 aliphatic carbocycles. The number of likely N-dealkylation sites (tertiary alicyclic amines) is 1. The van der Waals surface area contributed by atoms with Gasteiger partial charge in [0.1, 0.15) is 12.1 Å². The van der Waals surface area contributed by atoms with E-state index in [1.807, 2.05) is 30.3 Å². The second-order valence-corrected chi connectivity index (χ2v) is 11.2. The summed E-state index contributed by atoms with van der Waals surface area (Å²) in [6.07, 6.45) is 5.41. The van der Waals surface area contributed by atoms with E-state index in [9.17, 15) is 24.3 Å². The third-order valence-electron chi connectivity index (χ3n) is 8.06. The number of likely N-dealkylation sites (N-methyl/N-ethyl adjacent to an activating group) is 1. The van der Waals surface area contributed by atoms with E-state index in [-0.39, 0.29) is 24.3 Å². The van der Waals surface area contributed by atoms with Crippen LogP contribution in [0.2, 0.25) is 0 Å². The summed E-state index contributed by atoms with van der Waals surface area (Å²) in [5.41, 5.74) is 12.2. The topological polar surface area (TPSA) is 189 Å². The van der Waals surface area contributed by atoms with Crippen LogP contribution in [0, 0.1) is 0 Å². The number of ether oxygens (including phenoxy) is 1. The van der Waals surface area contributed by atoms with E-state index in [0.717, 1.165) is 24.8 Å². The van der Waals surface area contributed by atoms with Crippen molar-refractivity contribution < 1.29 is 29.0 Å². The molecule has 0 unspecified atom stereocenters. The third kappa shape index (κ3) is 12.2. The Morgan fingerprint density at radius 1 is 0.977 bits per heavy atom. The number of benzene rings is 1. The van der Waals surface area contributed by atoms with Gasteiger partial charge >= 0.3 is 5.97 Å². The molecular weight excluding hydrogens is 552 g/mol. The number of carbonyl (C=O) groups excluding carboxylic acids is 3. The van der Waals surface area contributed by atoms with Crippen LogP contribution in [0.5, 0.6) is 0 Å². The number of unbranched alkanes of at least 4 members (excludes halogenated alkanes) is 2. The average molecular weight is 605 g/mol. The average Bonchev–Trinajstić information content (AvgIpc) is 3.01. The van der Waals surface area contributed by atoms with Gasteiger partial charge in [0.25, 0.3) is 0 Å². The molecule has 1 fully saturated rings. The molecule has 3 amide bonds. The summed E-state index contributed by atoms with van der Waals surface area (Å²) in [5, 5.41) is 18.2. The predicted octanol–water partition coefficient (Wildman–Crippen LogP) is 0.916. The van der Waals surface area contributed by atoms with E-state index in [2.05, 4.69) is 16.0 Å². The molecule has 0 saturated carbocycles. The molecule has 8 N–H and O–H groups in total. The van der Waals surface area contributed by atoms with Crippen molar-refractivity contribution in [1.29, 1.82) is 0 Å². The first-order chi connectivity index (χ1) is 20.7. The molecule has 242 valence electrons. The van der Waals surface area contributed by atoms with Gasteiger partial charge in [-0.15, -0.1) is 0 Å². The number of hydrogen-bond donors (Lipinski definition) is 6. The lowest BCUT2D eigenvalue weighted by Gasteiger charge is -2.42. The van der Waals surface area contributed by atoms with Crippen LogP contribution in [-0.4, -0.2) is 97.8 Å². The first-order valence-electron chi connectivity index (χ1n) is 15.5. The lowest BCUT2D eigenvalue weighted by Crippen LogP contribution is -2.59. The molecule has 1 aromatic rings. The molecular formula is C31H52N6O6. The van der Waals surface area contributed by atoms with Gasteiger partial charge in [-0.05, 0) is 89.9 Å². The fourth-order valence-electron chi connectivity index (χ4n) is 5.61. The highest BCUT2D eigenvalue weighted by atomic mass is 16.5. The maximum absolute atomic E-state index is 14.0. The Labute approximate surface area is 255 Å². The van der Waals surface area contributed by atoms with Crippen molar-refractivity contribution in [3.63, 3.8) is 0 Å². The van der Waals surface area contributed by atoms with Crippen molar-refractivity contribution in [2.45, 2.75) is 101 Å². The first-order valence-corrected chi connectivity index (χ1v) is 15.5. The number of methoxy groups -OCH3 is 1. The van der Waals surface area contributed by atoms with Gasteiger partial charge in [0, 0.05) is 20.1 Å². The molecule has 1 aromatic carbocycles. The number of nitrogens with zero attached hydrogens (tertiary/aromatic N) is 1. The predicted molar refractivity (Wildman–Crippen MR) is 165 cm³/mol. The van der Waals surface area contributed by atoms with Gasteiger partial charge < -0.3 is 42.2 Å². The minimum Gasteiger partial charge on any atom is -0.480 e. The van der Waals surface area contributed by atoms with Gasteiger partial charge in [-0.1, -0.05) is 30.3 Å². The van der Waals surface area contributed by atoms with Crippen molar-refractivity contribution in [2.75, 3.05) is 33.8 Å². The number of carboxylic acid groups (broad SMARTS) is 1. The van der Waals surface area contributed by atoms with Crippen LogP contribution >= 0.6 is 0 Å². The molecule has 5 atom stereocenters. The lowest BCUT2D eigenvalue weighted by molar-refractivity contribution is -0.145. The normalized spacial score (nSPS) is 18.8. The number of rotatable bonds is 20. The summed E-state index contributed by atoms with van der Waals surface area (Å²) >= 11 is 0. The fraction of sp³-hybridized carbons (Fsp3) is 0.677. The van der Waals surface area contributed by atoms with Gasteiger partial charge in [0.15, 0.2) is 0 Å². The maximum atomic E-state index is 14.0. The quantitative estimate of drug-likeness (QED) is 0.118. The zero-order chi connectivity index (χ0) is 31.6. The number of aliphatic carboxylic acids is 1. The number of piperidine rings is 1. The number of amides is 3. The van der Waals surface area contributed by atoms with Gasteiger partial charge in [-0.2, -0.15) is 0 Å². The summed E-state index contributed by atoms with van der Waals surface area (Å²) in [5.74, 6) is -1.95. The van der Waals surface area contributed by atoms with E-state index in [4.69, 9.17) is 16.2 Å². The van der Waals surface area contributed by atoms with E-state index >= 15 is 0 Å². The molecule has 1 aliphatic heterocycles. The van der Waals surface area contributed by atoms with Gasteiger partial charge in [0.2, 0.25) is 17.7 Å². The third-order valence-corrected chi connectivity index (χ3v) is 8.06. The van der Waals surface area contributed by atoms with Crippen LogP contribution < -0.4 is 27.4 Å². The lowest BCUT2D eigenvalue weighted by atomic mass is 9.93. The molecule has 0 aromatic heterocycles. The van der Waals surface area contributed by atoms with Crippen LogP contribution in [0.1, 0.15) is 69.8 Å². The van der Waals surface area contributed by atoms with E-state index in [1.165, 1.54) is 0 Å². The molecule has 1 heterocycles. The minimum absolute atomic E-state index is 0.0398. The van der Waals surface area contributed by atoms with Gasteiger partial charge in [-0.25, -0.2) is 4.79 Å².